The fourth-order valence-electron chi connectivity index (χ4n) is 3.66. The standard InChI is InChI=1S/C23H24N4OS/c28-22(19-9-5-2-6-10-19)20-13-15-26(16-14-20)17-27-23(29)24-21(25-27)12-11-18-7-3-1-4-8-18/h1-12,20H,13-17H2,(H,24,25,29)/b12-11+. The Hall–Kier alpha value is -2.83. The number of likely N-dealkylation sites (tertiary alicyclic amines) is 1. The van der Waals surface area contributed by atoms with E-state index in [0.29, 0.717) is 11.4 Å². The second-order valence-corrected chi connectivity index (χ2v) is 7.69. The Bertz CT molecular complexity index is 1030. The van der Waals surface area contributed by atoms with Crippen LogP contribution in [0.1, 0.15) is 34.6 Å². The number of piperidine rings is 1. The number of hydrogen-bond donors (Lipinski definition) is 1. The van der Waals surface area contributed by atoms with Crippen LogP contribution in [0.2, 0.25) is 0 Å². The van der Waals surface area contributed by atoms with Crippen molar-refractivity contribution in [2.75, 3.05) is 13.1 Å². The van der Waals surface area contributed by atoms with Crippen molar-refractivity contribution in [3.8, 4) is 0 Å². The van der Waals surface area contributed by atoms with Gasteiger partial charge in [-0.05, 0) is 36.7 Å². The Morgan fingerprint density at radius 3 is 2.38 bits per heavy atom. The number of Topliss-reactive ketones (excluding diaryl/α,β-unsaturated/α-hetero) is 1. The normalized spacial score (nSPS) is 15.7. The van der Waals surface area contributed by atoms with Crippen LogP contribution >= 0.6 is 12.2 Å². The lowest BCUT2D eigenvalue weighted by Gasteiger charge is -2.31. The molecule has 5 nitrogen and oxygen atoms in total. The van der Waals surface area contributed by atoms with Gasteiger partial charge >= 0.3 is 0 Å². The summed E-state index contributed by atoms with van der Waals surface area (Å²) in [6.07, 6.45) is 5.69. The molecule has 6 heteroatoms. The van der Waals surface area contributed by atoms with E-state index in [1.54, 1.807) is 0 Å². The first-order valence-corrected chi connectivity index (χ1v) is 10.3. The third-order valence-corrected chi connectivity index (χ3v) is 5.60. The van der Waals surface area contributed by atoms with Crippen LogP contribution in [0, 0.1) is 10.7 Å². The highest BCUT2D eigenvalue weighted by Crippen LogP contribution is 2.22. The van der Waals surface area contributed by atoms with Crippen molar-refractivity contribution in [3.63, 3.8) is 0 Å². The average Bonchev–Trinajstić information content (AvgIpc) is 3.13. The molecule has 1 saturated heterocycles. The Morgan fingerprint density at radius 1 is 1.03 bits per heavy atom. The van der Waals surface area contributed by atoms with Crippen molar-refractivity contribution in [3.05, 3.63) is 82.4 Å². The van der Waals surface area contributed by atoms with Crippen LogP contribution in [0.25, 0.3) is 12.2 Å². The minimum absolute atomic E-state index is 0.104. The molecule has 1 N–H and O–H groups in total. The van der Waals surface area contributed by atoms with Gasteiger partial charge in [-0.15, -0.1) is 0 Å². The zero-order valence-corrected chi connectivity index (χ0v) is 17.0. The summed E-state index contributed by atoms with van der Waals surface area (Å²) in [6, 6.07) is 19.7. The van der Waals surface area contributed by atoms with Crippen molar-refractivity contribution in [2.45, 2.75) is 19.5 Å². The van der Waals surface area contributed by atoms with Gasteiger partial charge in [0, 0.05) is 24.6 Å². The average molecular weight is 405 g/mol. The Kier molecular flexibility index (Phi) is 6.12. The molecule has 3 aromatic rings. The Morgan fingerprint density at radius 2 is 1.69 bits per heavy atom. The van der Waals surface area contributed by atoms with E-state index in [2.05, 4.69) is 15.0 Å². The third kappa shape index (κ3) is 4.96. The quantitative estimate of drug-likeness (QED) is 0.479. The van der Waals surface area contributed by atoms with Gasteiger partial charge in [-0.25, -0.2) is 4.68 Å². The van der Waals surface area contributed by atoms with Crippen molar-refractivity contribution < 1.29 is 4.79 Å². The van der Waals surface area contributed by atoms with E-state index >= 15 is 0 Å². The number of aromatic nitrogens is 3. The van der Waals surface area contributed by atoms with E-state index in [1.165, 1.54) is 0 Å². The maximum atomic E-state index is 12.6. The first-order valence-electron chi connectivity index (χ1n) is 9.90. The van der Waals surface area contributed by atoms with Gasteiger partial charge in [0.25, 0.3) is 0 Å². The topological polar surface area (TPSA) is 53.9 Å². The summed E-state index contributed by atoms with van der Waals surface area (Å²) < 4.78 is 2.43. The lowest BCUT2D eigenvalue weighted by atomic mass is 9.89. The molecule has 0 unspecified atom stereocenters. The summed E-state index contributed by atoms with van der Waals surface area (Å²) in [4.78, 5) is 19.4. The van der Waals surface area contributed by atoms with Crippen molar-refractivity contribution >= 4 is 30.2 Å². The van der Waals surface area contributed by atoms with Gasteiger partial charge in [-0.2, -0.15) is 4.98 Å². The molecule has 2 aromatic carbocycles. The van der Waals surface area contributed by atoms with E-state index < -0.39 is 0 Å². The summed E-state index contributed by atoms with van der Waals surface area (Å²) in [5.41, 5.74) is 1.93. The second kappa shape index (κ2) is 9.11. The van der Waals surface area contributed by atoms with Crippen molar-refractivity contribution in [2.24, 2.45) is 5.92 Å². The molecular formula is C23H24N4OS. The van der Waals surface area contributed by atoms with Crippen LogP contribution in [0.5, 0.6) is 0 Å². The van der Waals surface area contributed by atoms with E-state index in [0.717, 1.165) is 42.9 Å². The highest BCUT2D eigenvalue weighted by molar-refractivity contribution is 7.71. The molecule has 0 bridgehead atoms. The lowest BCUT2D eigenvalue weighted by Crippen LogP contribution is -2.37. The number of rotatable bonds is 6. The summed E-state index contributed by atoms with van der Waals surface area (Å²) in [7, 11) is 0. The lowest BCUT2D eigenvalue weighted by molar-refractivity contribution is 0.0803. The van der Waals surface area contributed by atoms with E-state index in [9.17, 15) is 4.79 Å². The van der Waals surface area contributed by atoms with Gasteiger partial charge < -0.3 is 0 Å². The fraction of sp³-hybridized carbons (Fsp3) is 0.261. The highest BCUT2D eigenvalue weighted by Gasteiger charge is 2.25. The number of nitrogens with zero attached hydrogens (tertiary/aromatic N) is 3. The van der Waals surface area contributed by atoms with E-state index in [1.807, 2.05) is 77.5 Å². The first kappa shape index (κ1) is 19.5. The number of benzene rings is 2. The molecule has 0 saturated carbocycles. The number of hydrogen-bond acceptors (Lipinski definition) is 4. The smallest absolute Gasteiger partial charge is 0.217 e. The highest BCUT2D eigenvalue weighted by atomic mass is 32.1. The molecular weight excluding hydrogens is 380 g/mol. The second-order valence-electron chi connectivity index (χ2n) is 7.33. The van der Waals surface area contributed by atoms with Gasteiger partial charge in [0.15, 0.2) is 5.78 Å². The van der Waals surface area contributed by atoms with E-state index in [-0.39, 0.29) is 11.7 Å². The molecule has 4 rings (SSSR count). The number of carbonyl (C=O) groups excluding carboxylic acids is 1. The number of ketones is 1. The molecule has 0 radical (unpaired) electrons. The molecule has 2 heterocycles. The Balaban J connectivity index is 1.34. The minimum atomic E-state index is 0.104. The van der Waals surface area contributed by atoms with Gasteiger partial charge in [0.05, 0.1) is 6.67 Å². The van der Waals surface area contributed by atoms with Crippen LogP contribution < -0.4 is 0 Å². The molecule has 0 aliphatic carbocycles. The fourth-order valence-corrected chi connectivity index (χ4v) is 3.86. The molecule has 0 amide bonds. The zero-order chi connectivity index (χ0) is 20.1. The van der Waals surface area contributed by atoms with Crippen LogP contribution in [0.3, 0.4) is 0 Å². The van der Waals surface area contributed by atoms with Crippen LogP contribution in [0.4, 0.5) is 0 Å². The molecule has 0 atom stereocenters. The number of aromatic amines is 1. The predicted octanol–water partition coefficient (Wildman–Crippen LogP) is 4.66. The maximum absolute atomic E-state index is 12.6. The molecule has 1 fully saturated rings. The van der Waals surface area contributed by atoms with Gasteiger partial charge in [0.2, 0.25) is 4.77 Å². The van der Waals surface area contributed by atoms with Gasteiger partial charge in [-0.1, -0.05) is 66.7 Å². The SMILES string of the molecule is O=C(c1ccccc1)C1CCN(Cn2[nH]c(/C=C/c3ccccc3)nc2=S)CC1. The van der Waals surface area contributed by atoms with Crippen LogP contribution in [-0.4, -0.2) is 38.5 Å². The zero-order valence-electron chi connectivity index (χ0n) is 16.2. The molecule has 1 aliphatic rings. The number of H-pyrrole nitrogens is 1. The predicted molar refractivity (Wildman–Crippen MR) is 118 cm³/mol. The Labute approximate surface area is 175 Å². The van der Waals surface area contributed by atoms with Gasteiger partial charge in [-0.3, -0.25) is 14.8 Å². The first-order chi connectivity index (χ1) is 14.2. The molecule has 1 aliphatic heterocycles. The summed E-state index contributed by atoms with van der Waals surface area (Å²) in [5, 5.41) is 3.26. The summed E-state index contributed by atoms with van der Waals surface area (Å²) >= 11 is 5.41. The molecule has 148 valence electrons. The number of carbonyl (C=O) groups is 1. The molecule has 0 spiro atoms. The van der Waals surface area contributed by atoms with Gasteiger partial charge in [0.1, 0.15) is 5.82 Å². The van der Waals surface area contributed by atoms with Crippen LogP contribution in [0.15, 0.2) is 60.7 Å². The van der Waals surface area contributed by atoms with E-state index in [4.69, 9.17) is 12.2 Å². The summed E-state index contributed by atoms with van der Waals surface area (Å²) in [5.74, 6) is 1.11. The van der Waals surface area contributed by atoms with Crippen LogP contribution in [-0.2, 0) is 6.67 Å². The third-order valence-electron chi connectivity index (χ3n) is 5.29. The maximum Gasteiger partial charge on any atom is 0.217 e. The number of nitrogens with one attached hydrogen (secondary N) is 1. The monoisotopic (exact) mass is 404 g/mol. The largest absolute Gasteiger partial charge is 0.294 e. The summed E-state index contributed by atoms with van der Waals surface area (Å²) in [6.45, 7) is 2.41. The molecule has 29 heavy (non-hydrogen) atoms. The van der Waals surface area contributed by atoms with Crippen molar-refractivity contribution in [1.82, 2.24) is 19.7 Å². The minimum Gasteiger partial charge on any atom is -0.294 e. The molecule has 1 aromatic heterocycles. The van der Waals surface area contributed by atoms with Crippen molar-refractivity contribution in [1.29, 1.82) is 0 Å².